The quantitative estimate of drug-likeness (QED) is 0.321. The minimum Gasteiger partial charge on any atom is -0.322 e. The molecule has 0 radical (unpaired) electrons. The lowest BCUT2D eigenvalue weighted by Crippen LogP contribution is -2.14. The second-order valence-electron chi connectivity index (χ2n) is 6.65. The van der Waals surface area contributed by atoms with Crippen molar-refractivity contribution in [3.8, 4) is 10.6 Å². The number of anilines is 2. The van der Waals surface area contributed by atoms with Crippen LogP contribution < -0.4 is 10.6 Å². The minimum absolute atomic E-state index is 0.103. The number of thiazole rings is 1. The number of nitrogens with zero attached hydrogens (tertiary/aromatic N) is 1. The summed E-state index contributed by atoms with van der Waals surface area (Å²) in [5.41, 5.74) is 3.18. The van der Waals surface area contributed by atoms with Gasteiger partial charge in [0.1, 0.15) is 0 Å². The molecule has 0 unspecified atom stereocenters. The molecule has 0 saturated carbocycles. The lowest BCUT2D eigenvalue weighted by atomic mass is 10.1. The van der Waals surface area contributed by atoms with Gasteiger partial charge >= 0.3 is 0 Å². The summed E-state index contributed by atoms with van der Waals surface area (Å²) < 4.78 is 0. The predicted octanol–water partition coefficient (Wildman–Crippen LogP) is 6.16. The second kappa shape index (κ2) is 9.91. The van der Waals surface area contributed by atoms with E-state index in [0.717, 1.165) is 21.0 Å². The molecule has 0 atom stereocenters. The third-order valence-corrected chi connectivity index (χ3v) is 7.06. The summed E-state index contributed by atoms with van der Waals surface area (Å²) >= 11 is 4.47. The van der Waals surface area contributed by atoms with Crippen molar-refractivity contribution in [1.82, 2.24) is 4.98 Å². The van der Waals surface area contributed by atoms with Gasteiger partial charge in [0.05, 0.1) is 16.3 Å². The summed E-state index contributed by atoms with van der Waals surface area (Å²) in [5.74, 6) is 0.0419. The molecule has 0 bridgehead atoms. The molecule has 2 heterocycles. The summed E-state index contributed by atoms with van der Waals surface area (Å²) in [4.78, 5) is 31.2. The third kappa shape index (κ3) is 5.61. The molecule has 8 heteroatoms. The van der Waals surface area contributed by atoms with E-state index >= 15 is 0 Å². The van der Waals surface area contributed by atoms with Crippen molar-refractivity contribution in [3.05, 3.63) is 82.6 Å². The van der Waals surface area contributed by atoms with Crippen LogP contribution in [0.5, 0.6) is 0 Å². The topological polar surface area (TPSA) is 71.1 Å². The van der Waals surface area contributed by atoms with Gasteiger partial charge in [0.2, 0.25) is 5.91 Å². The lowest BCUT2D eigenvalue weighted by Gasteiger charge is -2.08. The van der Waals surface area contributed by atoms with Crippen molar-refractivity contribution in [2.75, 3.05) is 16.4 Å². The molecule has 2 N–H and O–H groups in total. The van der Waals surface area contributed by atoms with E-state index in [0.29, 0.717) is 16.4 Å². The van der Waals surface area contributed by atoms with Crippen molar-refractivity contribution in [2.45, 2.75) is 11.8 Å². The number of thioether (sulfide) groups is 1. The average molecular weight is 466 g/mol. The van der Waals surface area contributed by atoms with Crippen LogP contribution in [0.25, 0.3) is 10.6 Å². The molecule has 31 heavy (non-hydrogen) atoms. The van der Waals surface area contributed by atoms with E-state index in [1.165, 1.54) is 23.1 Å². The third-order valence-electron chi connectivity index (χ3n) is 4.40. The van der Waals surface area contributed by atoms with E-state index in [1.54, 1.807) is 17.4 Å². The van der Waals surface area contributed by atoms with Gasteiger partial charge in [-0.2, -0.15) is 0 Å². The first-order valence-corrected chi connectivity index (χ1v) is 12.2. The summed E-state index contributed by atoms with van der Waals surface area (Å²) in [5, 5.41) is 10.3. The number of rotatable bonds is 7. The van der Waals surface area contributed by atoms with Crippen LogP contribution in [-0.2, 0) is 4.79 Å². The zero-order valence-corrected chi connectivity index (χ0v) is 19.1. The lowest BCUT2D eigenvalue weighted by molar-refractivity contribution is -0.113. The summed E-state index contributed by atoms with van der Waals surface area (Å²) in [6, 6.07) is 18.9. The van der Waals surface area contributed by atoms with E-state index in [9.17, 15) is 9.59 Å². The Kier molecular flexibility index (Phi) is 6.81. The first kappa shape index (κ1) is 21.3. The molecule has 2 amide bonds. The molecule has 0 aliphatic rings. The zero-order valence-electron chi connectivity index (χ0n) is 16.6. The summed E-state index contributed by atoms with van der Waals surface area (Å²) in [6.45, 7) is 1.91. The Bertz CT molecular complexity index is 1190. The maximum atomic E-state index is 12.4. The van der Waals surface area contributed by atoms with Gasteiger partial charge in [0.25, 0.3) is 5.91 Å². The monoisotopic (exact) mass is 465 g/mol. The number of benzene rings is 2. The highest BCUT2D eigenvalue weighted by Gasteiger charge is 2.10. The zero-order chi connectivity index (χ0) is 21.6. The van der Waals surface area contributed by atoms with E-state index < -0.39 is 0 Å². The minimum atomic E-state index is -0.136. The molecule has 0 spiro atoms. The van der Waals surface area contributed by atoms with E-state index in [1.807, 2.05) is 72.3 Å². The van der Waals surface area contributed by atoms with Crippen LogP contribution in [-0.4, -0.2) is 22.6 Å². The number of hydrogen-bond acceptors (Lipinski definition) is 6. The number of hydrogen-bond donors (Lipinski definition) is 2. The van der Waals surface area contributed by atoms with Gasteiger partial charge in [-0.15, -0.1) is 34.4 Å². The van der Waals surface area contributed by atoms with E-state index in [-0.39, 0.29) is 17.6 Å². The Balaban J connectivity index is 1.28. The van der Waals surface area contributed by atoms with Crippen LogP contribution in [0.15, 0.2) is 76.3 Å². The molecule has 4 rings (SSSR count). The highest BCUT2D eigenvalue weighted by Crippen LogP contribution is 2.28. The molecular weight excluding hydrogens is 446 g/mol. The fraction of sp³-hybridized carbons (Fsp3) is 0.0870. The van der Waals surface area contributed by atoms with Gasteiger partial charge in [0, 0.05) is 21.5 Å². The number of nitrogens with one attached hydrogen (secondary N) is 2. The number of aryl methyl sites for hydroxylation is 1. The number of thiophene rings is 1. The van der Waals surface area contributed by atoms with Crippen LogP contribution in [0, 0.1) is 6.92 Å². The molecule has 0 aliphatic heterocycles. The Morgan fingerprint density at radius 2 is 1.77 bits per heavy atom. The summed E-state index contributed by atoms with van der Waals surface area (Å²) in [6.07, 6.45) is 0. The maximum Gasteiger partial charge on any atom is 0.255 e. The number of aromatic nitrogens is 1. The molecular formula is C23H19N3O2S3. The Hall–Kier alpha value is -2.94. The van der Waals surface area contributed by atoms with E-state index in [4.69, 9.17) is 0 Å². The highest BCUT2D eigenvalue weighted by molar-refractivity contribution is 8.00. The predicted molar refractivity (Wildman–Crippen MR) is 130 cm³/mol. The number of carbonyl (C=O) groups excluding carboxylic acids is 2. The van der Waals surface area contributed by atoms with Crippen LogP contribution in [0.1, 0.15) is 15.9 Å². The first-order valence-electron chi connectivity index (χ1n) is 9.47. The fourth-order valence-corrected chi connectivity index (χ4v) is 5.02. The SMILES string of the molecule is Cc1ccccc1C(=O)Nc1ccc(SCC(=O)Nc2nc(-c3cccs3)cs2)cc1. The van der Waals surface area contributed by atoms with Crippen molar-refractivity contribution in [2.24, 2.45) is 0 Å². The number of amides is 2. The average Bonchev–Trinajstić information content (AvgIpc) is 3.45. The Morgan fingerprint density at radius 1 is 0.968 bits per heavy atom. The van der Waals surface area contributed by atoms with Crippen molar-refractivity contribution < 1.29 is 9.59 Å². The van der Waals surface area contributed by atoms with Gasteiger partial charge < -0.3 is 10.6 Å². The Morgan fingerprint density at radius 3 is 2.52 bits per heavy atom. The highest BCUT2D eigenvalue weighted by atomic mass is 32.2. The molecule has 0 fully saturated rings. The van der Waals surface area contributed by atoms with Crippen molar-refractivity contribution in [1.29, 1.82) is 0 Å². The molecule has 0 saturated heterocycles. The molecule has 2 aromatic carbocycles. The van der Waals surface area contributed by atoms with Gasteiger partial charge in [-0.05, 0) is 54.3 Å². The molecule has 4 aromatic rings. The van der Waals surface area contributed by atoms with Crippen LogP contribution in [0.3, 0.4) is 0 Å². The smallest absolute Gasteiger partial charge is 0.255 e. The molecule has 0 aliphatic carbocycles. The fourth-order valence-electron chi connectivity index (χ4n) is 2.83. The Labute approximate surface area is 192 Å². The standard InChI is InChI=1S/C23H19N3O2S3/c1-15-5-2-3-6-18(15)22(28)24-16-8-10-17(11-9-16)30-14-21(27)26-23-25-19(13-31-23)20-7-4-12-29-20/h2-13H,14H2,1H3,(H,24,28)(H,25,26,27). The normalized spacial score (nSPS) is 10.6. The molecule has 156 valence electrons. The van der Waals surface area contributed by atoms with Gasteiger partial charge in [0.15, 0.2) is 5.13 Å². The van der Waals surface area contributed by atoms with Crippen molar-refractivity contribution in [3.63, 3.8) is 0 Å². The maximum absolute atomic E-state index is 12.4. The summed E-state index contributed by atoms with van der Waals surface area (Å²) in [7, 11) is 0. The van der Waals surface area contributed by atoms with E-state index in [2.05, 4.69) is 15.6 Å². The van der Waals surface area contributed by atoms with Gasteiger partial charge in [-0.3, -0.25) is 9.59 Å². The molecule has 2 aromatic heterocycles. The van der Waals surface area contributed by atoms with Gasteiger partial charge in [-0.25, -0.2) is 4.98 Å². The number of carbonyl (C=O) groups is 2. The molecule has 5 nitrogen and oxygen atoms in total. The van der Waals surface area contributed by atoms with Crippen LogP contribution >= 0.6 is 34.4 Å². The largest absolute Gasteiger partial charge is 0.322 e. The van der Waals surface area contributed by atoms with Gasteiger partial charge in [-0.1, -0.05) is 24.3 Å². The van der Waals surface area contributed by atoms with Crippen LogP contribution in [0.2, 0.25) is 0 Å². The second-order valence-corrected chi connectivity index (χ2v) is 9.50. The first-order chi connectivity index (χ1) is 15.1. The van der Waals surface area contributed by atoms with Crippen molar-refractivity contribution >= 4 is 57.1 Å². The van der Waals surface area contributed by atoms with Crippen LogP contribution in [0.4, 0.5) is 10.8 Å².